The summed E-state index contributed by atoms with van der Waals surface area (Å²) in [6.45, 7) is 2.61. The second-order valence-corrected chi connectivity index (χ2v) is 5.96. The number of carbonyl (C=O) groups is 1. The molecule has 1 saturated carbocycles. The van der Waals surface area contributed by atoms with Gasteiger partial charge in [0.05, 0.1) is 0 Å². The zero-order valence-electron chi connectivity index (χ0n) is 10.2. The van der Waals surface area contributed by atoms with Crippen molar-refractivity contribution in [3.8, 4) is 0 Å². The molecule has 1 aromatic carbocycles. The van der Waals surface area contributed by atoms with E-state index in [2.05, 4.69) is 6.92 Å². The summed E-state index contributed by atoms with van der Waals surface area (Å²) in [4.78, 5) is 13.6. The Morgan fingerprint density at radius 2 is 2.00 bits per heavy atom. The zero-order valence-corrected chi connectivity index (χ0v) is 11.1. The van der Waals surface area contributed by atoms with Gasteiger partial charge in [-0.2, -0.15) is 0 Å². The van der Waals surface area contributed by atoms with E-state index < -0.39 is 0 Å². The van der Waals surface area contributed by atoms with E-state index >= 15 is 0 Å². The van der Waals surface area contributed by atoms with E-state index in [0.29, 0.717) is 6.54 Å². The fourth-order valence-corrected chi connectivity index (χ4v) is 2.96. The average Bonchev–Trinajstić information content (AvgIpc) is 2.29. The Bertz CT molecular complexity index is 390. The van der Waals surface area contributed by atoms with Gasteiger partial charge in [0.2, 0.25) is 0 Å². The Morgan fingerprint density at radius 1 is 1.35 bits per heavy atom. The van der Waals surface area contributed by atoms with Gasteiger partial charge in [-0.15, -0.1) is 11.8 Å². The third-order valence-electron chi connectivity index (χ3n) is 3.61. The van der Waals surface area contributed by atoms with Gasteiger partial charge in [-0.05, 0) is 30.7 Å². The highest BCUT2D eigenvalue weighted by atomic mass is 32.2. The van der Waals surface area contributed by atoms with Gasteiger partial charge in [-0.3, -0.25) is 4.79 Å². The van der Waals surface area contributed by atoms with Gasteiger partial charge in [0.1, 0.15) is 0 Å². The van der Waals surface area contributed by atoms with E-state index in [9.17, 15) is 4.79 Å². The average molecular weight is 249 g/mol. The number of benzene rings is 1. The standard InChI is InChI=1S/C14H19NOS/c1-2-17-12-6-4-11(5-7-12)13(16)14(10-15)8-3-9-14/h4-7H,2-3,8-10,15H2,1H3. The zero-order chi connectivity index (χ0) is 12.3. The van der Waals surface area contributed by atoms with Crippen molar-refractivity contribution < 1.29 is 4.79 Å². The van der Waals surface area contributed by atoms with Crippen LogP contribution in [0, 0.1) is 5.41 Å². The first-order chi connectivity index (χ1) is 8.22. The first-order valence-electron chi connectivity index (χ1n) is 6.19. The summed E-state index contributed by atoms with van der Waals surface area (Å²) in [5.41, 5.74) is 6.32. The lowest BCUT2D eigenvalue weighted by molar-refractivity contribution is 0.0636. The van der Waals surface area contributed by atoms with E-state index in [1.807, 2.05) is 24.3 Å². The molecule has 1 aromatic rings. The molecule has 2 nitrogen and oxygen atoms in total. The van der Waals surface area contributed by atoms with Crippen LogP contribution >= 0.6 is 11.8 Å². The molecule has 0 spiro atoms. The van der Waals surface area contributed by atoms with Crippen molar-refractivity contribution in [1.82, 2.24) is 0 Å². The molecule has 92 valence electrons. The largest absolute Gasteiger partial charge is 0.329 e. The van der Waals surface area contributed by atoms with Crippen LogP contribution in [0.3, 0.4) is 0 Å². The predicted molar refractivity (Wildman–Crippen MR) is 72.5 cm³/mol. The van der Waals surface area contributed by atoms with Crippen LogP contribution in [0.4, 0.5) is 0 Å². The van der Waals surface area contributed by atoms with E-state index in [0.717, 1.165) is 30.6 Å². The molecule has 0 atom stereocenters. The van der Waals surface area contributed by atoms with Crippen molar-refractivity contribution in [1.29, 1.82) is 0 Å². The van der Waals surface area contributed by atoms with E-state index in [1.54, 1.807) is 11.8 Å². The van der Waals surface area contributed by atoms with E-state index in [-0.39, 0.29) is 11.2 Å². The minimum Gasteiger partial charge on any atom is -0.329 e. The first kappa shape index (κ1) is 12.7. The highest BCUT2D eigenvalue weighted by Crippen LogP contribution is 2.42. The Labute approximate surface area is 107 Å². The lowest BCUT2D eigenvalue weighted by Crippen LogP contribution is -2.44. The maximum Gasteiger partial charge on any atom is 0.170 e. The summed E-state index contributed by atoms with van der Waals surface area (Å²) in [5, 5.41) is 0. The van der Waals surface area contributed by atoms with Crippen LogP contribution in [0.1, 0.15) is 36.5 Å². The normalized spacial score (nSPS) is 17.5. The smallest absolute Gasteiger partial charge is 0.170 e. The number of thioether (sulfide) groups is 1. The van der Waals surface area contributed by atoms with Gasteiger partial charge >= 0.3 is 0 Å². The summed E-state index contributed by atoms with van der Waals surface area (Å²) < 4.78 is 0. The van der Waals surface area contributed by atoms with Crippen molar-refractivity contribution in [2.45, 2.75) is 31.1 Å². The topological polar surface area (TPSA) is 43.1 Å². The van der Waals surface area contributed by atoms with Crippen LogP contribution in [0.2, 0.25) is 0 Å². The molecule has 0 aliphatic heterocycles. The lowest BCUT2D eigenvalue weighted by Gasteiger charge is -2.39. The summed E-state index contributed by atoms with van der Waals surface area (Å²) in [7, 11) is 0. The molecule has 2 N–H and O–H groups in total. The number of carbonyl (C=O) groups excluding carboxylic acids is 1. The van der Waals surface area contributed by atoms with E-state index in [1.165, 1.54) is 4.90 Å². The summed E-state index contributed by atoms with van der Waals surface area (Å²) >= 11 is 1.79. The molecular formula is C14H19NOS. The second kappa shape index (κ2) is 5.23. The molecular weight excluding hydrogens is 230 g/mol. The molecule has 0 heterocycles. The fourth-order valence-electron chi connectivity index (χ4n) is 2.30. The summed E-state index contributed by atoms with van der Waals surface area (Å²) in [6.07, 6.45) is 3.04. The van der Waals surface area contributed by atoms with Crippen molar-refractivity contribution in [3.63, 3.8) is 0 Å². The highest BCUT2D eigenvalue weighted by molar-refractivity contribution is 7.99. The molecule has 0 aromatic heterocycles. The van der Waals surface area contributed by atoms with Crippen molar-refractivity contribution in [3.05, 3.63) is 29.8 Å². The van der Waals surface area contributed by atoms with Gasteiger partial charge in [-0.1, -0.05) is 25.5 Å². The molecule has 0 bridgehead atoms. The number of rotatable bonds is 5. The van der Waals surface area contributed by atoms with Crippen molar-refractivity contribution in [2.75, 3.05) is 12.3 Å². The number of Topliss-reactive ketones (excluding diaryl/α,β-unsaturated/α-hetero) is 1. The fraction of sp³-hybridized carbons (Fsp3) is 0.500. The van der Waals surface area contributed by atoms with Gasteiger partial charge < -0.3 is 5.73 Å². The minimum atomic E-state index is -0.251. The van der Waals surface area contributed by atoms with Crippen molar-refractivity contribution in [2.24, 2.45) is 11.1 Å². The predicted octanol–water partition coefficient (Wildman–Crippen LogP) is 3.11. The Morgan fingerprint density at radius 3 is 2.41 bits per heavy atom. The molecule has 17 heavy (non-hydrogen) atoms. The van der Waals surface area contributed by atoms with Gasteiger partial charge in [0.25, 0.3) is 0 Å². The number of hydrogen-bond donors (Lipinski definition) is 1. The molecule has 3 heteroatoms. The molecule has 0 radical (unpaired) electrons. The van der Waals surface area contributed by atoms with Crippen molar-refractivity contribution >= 4 is 17.5 Å². The number of ketones is 1. The summed E-state index contributed by atoms with van der Waals surface area (Å²) in [6, 6.07) is 7.95. The van der Waals surface area contributed by atoms with E-state index in [4.69, 9.17) is 5.73 Å². The maximum absolute atomic E-state index is 12.4. The quantitative estimate of drug-likeness (QED) is 0.644. The van der Waals surface area contributed by atoms with Crippen LogP contribution in [0.5, 0.6) is 0 Å². The summed E-state index contributed by atoms with van der Waals surface area (Å²) in [5.74, 6) is 1.29. The minimum absolute atomic E-state index is 0.235. The Hall–Kier alpha value is -0.800. The molecule has 1 aliphatic rings. The molecule has 0 saturated heterocycles. The number of nitrogens with two attached hydrogens (primary N) is 1. The maximum atomic E-state index is 12.4. The van der Waals surface area contributed by atoms with Crippen LogP contribution < -0.4 is 5.73 Å². The van der Waals surface area contributed by atoms with Crippen LogP contribution in [0.25, 0.3) is 0 Å². The molecule has 2 rings (SSSR count). The molecule has 1 fully saturated rings. The van der Waals surface area contributed by atoms with Gasteiger partial charge in [0.15, 0.2) is 5.78 Å². The van der Waals surface area contributed by atoms with Crippen LogP contribution in [-0.2, 0) is 0 Å². The Kier molecular flexibility index (Phi) is 3.89. The van der Waals surface area contributed by atoms with Crippen LogP contribution in [0.15, 0.2) is 29.2 Å². The first-order valence-corrected chi connectivity index (χ1v) is 7.18. The highest BCUT2D eigenvalue weighted by Gasteiger charge is 2.42. The lowest BCUT2D eigenvalue weighted by atomic mass is 9.64. The molecule has 0 unspecified atom stereocenters. The Balaban J connectivity index is 2.14. The third kappa shape index (κ3) is 2.40. The second-order valence-electron chi connectivity index (χ2n) is 4.62. The SMILES string of the molecule is CCSc1ccc(C(=O)C2(CN)CCC2)cc1. The third-order valence-corrected chi connectivity index (χ3v) is 4.50. The number of hydrogen-bond acceptors (Lipinski definition) is 3. The monoisotopic (exact) mass is 249 g/mol. The molecule has 0 amide bonds. The van der Waals surface area contributed by atoms with Gasteiger partial charge in [0, 0.05) is 22.4 Å². The molecule has 1 aliphatic carbocycles. The van der Waals surface area contributed by atoms with Gasteiger partial charge in [-0.25, -0.2) is 0 Å². The van der Waals surface area contributed by atoms with Crippen LogP contribution in [-0.4, -0.2) is 18.1 Å².